The second-order valence-electron chi connectivity index (χ2n) is 5.72. The Bertz CT molecular complexity index is 269. The highest BCUT2D eigenvalue weighted by Gasteiger charge is 2.25. The van der Waals surface area contributed by atoms with E-state index in [0.29, 0.717) is 13.0 Å². The molecule has 2 rings (SSSR count). The van der Waals surface area contributed by atoms with Crippen molar-refractivity contribution in [3.05, 3.63) is 0 Å². The summed E-state index contributed by atoms with van der Waals surface area (Å²) >= 11 is 0. The van der Waals surface area contributed by atoms with Gasteiger partial charge in [-0.1, -0.05) is 6.42 Å². The van der Waals surface area contributed by atoms with Crippen molar-refractivity contribution in [3.63, 3.8) is 0 Å². The van der Waals surface area contributed by atoms with Crippen molar-refractivity contribution in [2.24, 2.45) is 0 Å². The summed E-state index contributed by atoms with van der Waals surface area (Å²) < 4.78 is 4.98. The van der Waals surface area contributed by atoms with Gasteiger partial charge in [0.1, 0.15) is 0 Å². The Morgan fingerprint density at radius 2 is 1.79 bits per heavy atom. The summed E-state index contributed by atoms with van der Waals surface area (Å²) in [5, 5.41) is 0. The maximum absolute atomic E-state index is 11.3. The Balaban J connectivity index is 1.63. The van der Waals surface area contributed by atoms with Crippen LogP contribution in [0.1, 0.15) is 45.4 Å². The van der Waals surface area contributed by atoms with Crippen LogP contribution in [0, 0.1) is 0 Å². The largest absolute Gasteiger partial charge is 0.466 e. The molecule has 0 amide bonds. The van der Waals surface area contributed by atoms with Crippen molar-refractivity contribution >= 4 is 5.97 Å². The number of carbonyl (C=O) groups excluding carboxylic acids is 1. The maximum Gasteiger partial charge on any atom is 0.307 e. The van der Waals surface area contributed by atoms with E-state index < -0.39 is 0 Å². The van der Waals surface area contributed by atoms with Gasteiger partial charge in [0.15, 0.2) is 0 Å². The monoisotopic (exact) mass is 268 g/mol. The summed E-state index contributed by atoms with van der Waals surface area (Å²) in [6, 6.07) is 0.791. The Hall–Kier alpha value is -0.610. The van der Waals surface area contributed by atoms with E-state index in [1.807, 2.05) is 6.92 Å². The van der Waals surface area contributed by atoms with E-state index in [-0.39, 0.29) is 5.97 Å². The van der Waals surface area contributed by atoms with Gasteiger partial charge in [-0.15, -0.1) is 0 Å². The number of rotatable bonds is 5. The van der Waals surface area contributed by atoms with Crippen LogP contribution in [0.25, 0.3) is 0 Å². The first-order valence-electron chi connectivity index (χ1n) is 7.91. The van der Waals surface area contributed by atoms with Crippen LogP contribution in [0.5, 0.6) is 0 Å². The lowest BCUT2D eigenvalue weighted by Gasteiger charge is -2.40. The van der Waals surface area contributed by atoms with E-state index in [4.69, 9.17) is 4.74 Å². The first-order chi connectivity index (χ1) is 9.29. The van der Waals surface area contributed by atoms with Gasteiger partial charge in [0.05, 0.1) is 13.0 Å². The Kier molecular flexibility index (Phi) is 6.11. The molecule has 0 aromatic heterocycles. The molecule has 0 bridgehead atoms. The smallest absolute Gasteiger partial charge is 0.307 e. The van der Waals surface area contributed by atoms with Gasteiger partial charge < -0.3 is 14.5 Å². The van der Waals surface area contributed by atoms with E-state index in [0.717, 1.165) is 25.7 Å². The van der Waals surface area contributed by atoms with Gasteiger partial charge in [0.2, 0.25) is 0 Å². The Labute approximate surface area is 117 Å². The van der Waals surface area contributed by atoms with Gasteiger partial charge >= 0.3 is 5.97 Å². The molecule has 0 N–H and O–H groups in total. The molecule has 2 fully saturated rings. The lowest BCUT2D eigenvalue weighted by Crippen LogP contribution is -2.47. The van der Waals surface area contributed by atoms with Crippen molar-refractivity contribution < 1.29 is 9.53 Å². The molecule has 0 atom stereocenters. The quantitative estimate of drug-likeness (QED) is 0.713. The maximum atomic E-state index is 11.3. The van der Waals surface area contributed by atoms with Crippen LogP contribution in [0.3, 0.4) is 0 Å². The van der Waals surface area contributed by atoms with Crippen molar-refractivity contribution in [3.8, 4) is 0 Å². The molecule has 110 valence electrons. The third-order valence-corrected chi connectivity index (χ3v) is 4.40. The third kappa shape index (κ3) is 4.77. The molecule has 0 saturated carbocycles. The van der Waals surface area contributed by atoms with Crippen LogP contribution in [-0.4, -0.2) is 61.1 Å². The zero-order valence-electron chi connectivity index (χ0n) is 12.3. The zero-order chi connectivity index (χ0) is 13.5. The van der Waals surface area contributed by atoms with Crippen molar-refractivity contribution in [2.45, 2.75) is 51.5 Å². The zero-order valence-corrected chi connectivity index (χ0v) is 12.3. The molecule has 2 aliphatic heterocycles. The first-order valence-corrected chi connectivity index (χ1v) is 7.91. The van der Waals surface area contributed by atoms with Crippen LogP contribution >= 0.6 is 0 Å². The molecule has 4 nitrogen and oxygen atoms in total. The summed E-state index contributed by atoms with van der Waals surface area (Å²) in [6.07, 6.45) is 7.24. The van der Waals surface area contributed by atoms with E-state index >= 15 is 0 Å². The highest BCUT2D eigenvalue weighted by atomic mass is 16.5. The lowest BCUT2D eigenvalue weighted by molar-refractivity contribution is -0.143. The average molecular weight is 268 g/mol. The van der Waals surface area contributed by atoms with Gasteiger partial charge in [0.25, 0.3) is 0 Å². The number of esters is 1. The summed E-state index contributed by atoms with van der Waals surface area (Å²) in [6.45, 7) is 8.10. The fourth-order valence-corrected chi connectivity index (χ4v) is 3.27. The predicted octanol–water partition coefficient (Wildman–Crippen LogP) is 1.89. The van der Waals surface area contributed by atoms with E-state index in [2.05, 4.69) is 9.80 Å². The summed E-state index contributed by atoms with van der Waals surface area (Å²) in [5.74, 6) is -0.0550. The molecular formula is C15H28N2O2. The molecule has 0 radical (unpaired) electrons. The van der Waals surface area contributed by atoms with E-state index in [1.165, 1.54) is 45.2 Å². The lowest BCUT2D eigenvalue weighted by atomic mass is 10.00. The second kappa shape index (κ2) is 7.85. The summed E-state index contributed by atoms with van der Waals surface area (Å²) in [5.41, 5.74) is 0. The molecule has 0 spiro atoms. The number of carbonyl (C=O) groups is 1. The fourth-order valence-electron chi connectivity index (χ4n) is 3.27. The van der Waals surface area contributed by atoms with Crippen molar-refractivity contribution in [1.82, 2.24) is 9.80 Å². The molecule has 2 saturated heterocycles. The fraction of sp³-hybridized carbons (Fsp3) is 0.933. The number of hydrogen-bond donors (Lipinski definition) is 0. The third-order valence-electron chi connectivity index (χ3n) is 4.40. The highest BCUT2D eigenvalue weighted by molar-refractivity contribution is 5.69. The van der Waals surface area contributed by atoms with Gasteiger partial charge in [-0.3, -0.25) is 4.79 Å². The molecule has 2 heterocycles. The Morgan fingerprint density at radius 3 is 2.42 bits per heavy atom. The number of hydrogen-bond acceptors (Lipinski definition) is 4. The van der Waals surface area contributed by atoms with Crippen molar-refractivity contribution in [2.75, 3.05) is 39.3 Å². The van der Waals surface area contributed by atoms with Crippen molar-refractivity contribution in [1.29, 1.82) is 0 Å². The van der Waals surface area contributed by atoms with Gasteiger partial charge in [0, 0.05) is 12.6 Å². The van der Waals surface area contributed by atoms with Crippen LogP contribution in [-0.2, 0) is 9.53 Å². The van der Waals surface area contributed by atoms with Crippen LogP contribution in [0.2, 0.25) is 0 Å². The molecule has 19 heavy (non-hydrogen) atoms. The second-order valence-corrected chi connectivity index (χ2v) is 5.72. The normalized spacial score (nSPS) is 23.4. The Morgan fingerprint density at radius 1 is 1.11 bits per heavy atom. The summed E-state index contributed by atoms with van der Waals surface area (Å²) in [7, 11) is 0. The van der Waals surface area contributed by atoms with Crippen LogP contribution < -0.4 is 0 Å². The summed E-state index contributed by atoms with van der Waals surface area (Å²) in [4.78, 5) is 16.4. The molecule has 0 aliphatic carbocycles. The number of likely N-dealkylation sites (tertiary alicyclic amines) is 2. The molecule has 2 aliphatic rings. The first kappa shape index (κ1) is 14.8. The number of nitrogens with zero attached hydrogens (tertiary/aromatic N) is 2. The SMILES string of the molecule is CCOC(=O)CCN1CCC(N2CCCCC2)CC1. The topological polar surface area (TPSA) is 32.8 Å². The molecule has 0 aromatic carbocycles. The van der Waals surface area contributed by atoms with Crippen LogP contribution in [0.4, 0.5) is 0 Å². The minimum absolute atomic E-state index is 0.0550. The van der Waals surface area contributed by atoms with Gasteiger partial charge in [-0.2, -0.15) is 0 Å². The highest BCUT2D eigenvalue weighted by Crippen LogP contribution is 2.20. The standard InChI is InChI=1S/C15H28N2O2/c1-2-19-15(18)8-13-16-11-6-14(7-12-16)17-9-4-3-5-10-17/h14H,2-13H2,1H3. The molecule has 0 aromatic rings. The van der Waals surface area contributed by atoms with Gasteiger partial charge in [-0.05, 0) is 58.8 Å². The van der Waals surface area contributed by atoms with Crippen LogP contribution in [0.15, 0.2) is 0 Å². The number of ether oxygens (including phenoxy) is 1. The average Bonchev–Trinajstić information content (AvgIpc) is 2.47. The molecular weight excluding hydrogens is 240 g/mol. The number of piperidine rings is 2. The molecule has 0 unspecified atom stereocenters. The predicted molar refractivity (Wildman–Crippen MR) is 76.1 cm³/mol. The van der Waals surface area contributed by atoms with Gasteiger partial charge in [-0.25, -0.2) is 0 Å². The van der Waals surface area contributed by atoms with E-state index in [1.54, 1.807) is 0 Å². The van der Waals surface area contributed by atoms with E-state index in [9.17, 15) is 4.79 Å². The minimum atomic E-state index is -0.0550. The minimum Gasteiger partial charge on any atom is -0.466 e. The molecule has 4 heteroatoms.